The highest BCUT2D eigenvalue weighted by Gasteiger charge is 2.39. The van der Waals surface area contributed by atoms with E-state index in [2.05, 4.69) is 6.92 Å². The van der Waals surface area contributed by atoms with Crippen LogP contribution in [0.25, 0.3) is 0 Å². The van der Waals surface area contributed by atoms with E-state index in [1.54, 1.807) is 18.2 Å². The Bertz CT molecular complexity index is 594. The summed E-state index contributed by atoms with van der Waals surface area (Å²) in [6, 6.07) is 4.92. The number of aryl methyl sites for hydroxylation is 1. The first kappa shape index (κ1) is 22.2. The highest BCUT2D eigenvalue weighted by atomic mass is 19.4. The molecular weight excluding hydrogens is 345 g/mol. The molecule has 0 unspecified atom stereocenters. The van der Waals surface area contributed by atoms with Crippen LogP contribution in [-0.2, 0) is 11.2 Å². The van der Waals surface area contributed by atoms with Crippen LogP contribution in [0.15, 0.2) is 18.2 Å². The van der Waals surface area contributed by atoms with Crippen LogP contribution >= 0.6 is 0 Å². The van der Waals surface area contributed by atoms with Gasteiger partial charge in [0.15, 0.2) is 5.78 Å². The van der Waals surface area contributed by atoms with Crippen molar-refractivity contribution in [2.24, 2.45) is 0 Å². The first-order chi connectivity index (χ1) is 12.3. The second-order valence-corrected chi connectivity index (χ2v) is 6.43. The molecular formula is C20H27F3O3. The van der Waals surface area contributed by atoms with Crippen molar-refractivity contribution >= 4 is 11.6 Å². The number of halogens is 3. The van der Waals surface area contributed by atoms with E-state index >= 15 is 0 Å². The van der Waals surface area contributed by atoms with Crippen molar-refractivity contribution in [3.8, 4) is 5.75 Å². The fraction of sp³-hybridized carbons (Fsp3) is 0.600. The molecule has 0 fully saturated rings. The molecule has 1 aromatic rings. The van der Waals surface area contributed by atoms with Crippen LogP contribution in [0, 0.1) is 0 Å². The van der Waals surface area contributed by atoms with E-state index in [0.29, 0.717) is 0 Å². The maximum absolute atomic E-state index is 12.4. The molecule has 26 heavy (non-hydrogen) atoms. The van der Waals surface area contributed by atoms with Crippen molar-refractivity contribution in [2.45, 2.75) is 70.9 Å². The standard InChI is InChI=1S/C20H27F3O3/c1-3-4-5-6-7-8-9-10-15-11-12-18(26-2)16(13-15)17(24)14-19(25)20(21,22)23/h11-13H,3-10,14H2,1-2H3. The number of benzene rings is 1. The number of unbranched alkanes of at least 4 members (excludes halogenated alkanes) is 6. The zero-order chi connectivity index (χ0) is 19.6. The van der Waals surface area contributed by atoms with Gasteiger partial charge in [-0.1, -0.05) is 51.5 Å². The molecule has 0 aliphatic rings. The molecule has 0 aliphatic heterocycles. The lowest BCUT2D eigenvalue weighted by molar-refractivity contribution is -0.170. The Hall–Kier alpha value is -1.85. The van der Waals surface area contributed by atoms with Crippen LogP contribution in [0.3, 0.4) is 0 Å². The monoisotopic (exact) mass is 372 g/mol. The number of hydrogen-bond donors (Lipinski definition) is 0. The molecule has 3 nitrogen and oxygen atoms in total. The zero-order valence-corrected chi connectivity index (χ0v) is 15.5. The van der Waals surface area contributed by atoms with E-state index < -0.39 is 24.2 Å². The Morgan fingerprint density at radius 2 is 1.62 bits per heavy atom. The van der Waals surface area contributed by atoms with Crippen LogP contribution in [0.1, 0.15) is 74.2 Å². The summed E-state index contributed by atoms with van der Waals surface area (Å²) in [6.45, 7) is 2.17. The summed E-state index contributed by atoms with van der Waals surface area (Å²) in [5.74, 6) is -2.72. The largest absolute Gasteiger partial charge is 0.496 e. The van der Waals surface area contributed by atoms with Crippen molar-refractivity contribution in [1.29, 1.82) is 0 Å². The number of carbonyl (C=O) groups excluding carboxylic acids is 2. The topological polar surface area (TPSA) is 43.4 Å². The van der Waals surface area contributed by atoms with Crippen LogP contribution < -0.4 is 4.74 Å². The van der Waals surface area contributed by atoms with Gasteiger partial charge in [0.1, 0.15) is 5.75 Å². The number of Topliss-reactive ketones (excluding diaryl/α,β-unsaturated/α-hetero) is 2. The smallest absolute Gasteiger partial charge is 0.450 e. The van der Waals surface area contributed by atoms with Gasteiger partial charge in [0, 0.05) is 0 Å². The van der Waals surface area contributed by atoms with Gasteiger partial charge in [0.05, 0.1) is 19.1 Å². The number of ketones is 2. The molecule has 1 rings (SSSR count). The Balaban J connectivity index is 2.64. The number of alkyl halides is 3. The molecule has 0 heterocycles. The lowest BCUT2D eigenvalue weighted by Crippen LogP contribution is -2.25. The van der Waals surface area contributed by atoms with Gasteiger partial charge in [-0.25, -0.2) is 0 Å². The second-order valence-electron chi connectivity index (χ2n) is 6.43. The Morgan fingerprint density at radius 3 is 2.19 bits per heavy atom. The Kier molecular flexibility index (Phi) is 9.38. The molecule has 146 valence electrons. The van der Waals surface area contributed by atoms with Gasteiger partial charge in [0.25, 0.3) is 0 Å². The molecule has 0 aromatic heterocycles. The lowest BCUT2D eigenvalue weighted by atomic mass is 9.98. The first-order valence-electron chi connectivity index (χ1n) is 9.09. The summed E-state index contributed by atoms with van der Waals surface area (Å²) in [7, 11) is 1.34. The van der Waals surface area contributed by atoms with Crippen LogP contribution in [0.5, 0.6) is 5.75 Å². The third-order valence-corrected chi connectivity index (χ3v) is 4.27. The molecule has 0 bridgehead atoms. The SMILES string of the molecule is CCCCCCCCCc1ccc(OC)c(C(=O)CC(=O)C(F)(F)F)c1. The second kappa shape index (κ2) is 11.0. The molecule has 1 aromatic carbocycles. The van der Waals surface area contributed by atoms with Crippen LogP contribution in [0.4, 0.5) is 13.2 Å². The minimum Gasteiger partial charge on any atom is -0.496 e. The summed E-state index contributed by atoms with van der Waals surface area (Å²) in [5, 5.41) is 0. The predicted octanol–water partition coefficient (Wildman–Crippen LogP) is 5.69. The predicted molar refractivity (Wildman–Crippen MR) is 94.7 cm³/mol. The minimum atomic E-state index is -5.00. The third-order valence-electron chi connectivity index (χ3n) is 4.27. The normalized spacial score (nSPS) is 11.4. The van der Waals surface area contributed by atoms with Gasteiger partial charge in [-0.05, 0) is 30.5 Å². The molecule has 0 amide bonds. The van der Waals surface area contributed by atoms with E-state index in [1.165, 1.54) is 32.8 Å². The first-order valence-corrected chi connectivity index (χ1v) is 9.09. The van der Waals surface area contributed by atoms with Crippen molar-refractivity contribution in [1.82, 2.24) is 0 Å². The molecule has 0 N–H and O–H groups in total. The van der Waals surface area contributed by atoms with Crippen molar-refractivity contribution in [3.05, 3.63) is 29.3 Å². The molecule has 0 saturated heterocycles. The molecule has 6 heteroatoms. The summed E-state index contributed by atoms with van der Waals surface area (Å²) in [6.07, 6.45) is 2.64. The summed E-state index contributed by atoms with van der Waals surface area (Å²) in [5.41, 5.74) is 0.896. The lowest BCUT2D eigenvalue weighted by Gasteiger charge is -2.11. The van der Waals surface area contributed by atoms with E-state index in [-0.39, 0.29) is 11.3 Å². The van der Waals surface area contributed by atoms with Gasteiger partial charge in [0.2, 0.25) is 5.78 Å². The van der Waals surface area contributed by atoms with Gasteiger partial charge in [-0.2, -0.15) is 13.2 Å². The number of methoxy groups -OCH3 is 1. The highest BCUT2D eigenvalue weighted by Crippen LogP contribution is 2.25. The van der Waals surface area contributed by atoms with Crippen molar-refractivity contribution in [3.63, 3.8) is 0 Å². The number of hydrogen-bond acceptors (Lipinski definition) is 3. The zero-order valence-electron chi connectivity index (χ0n) is 15.5. The average molecular weight is 372 g/mol. The van der Waals surface area contributed by atoms with Gasteiger partial charge < -0.3 is 4.74 Å². The number of ether oxygens (including phenoxy) is 1. The van der Waals surface area contributed by atoms with Gasteiger partial charge in [-0.3, -0.25) is 9.59 Å². The quantitative estimate of drug-likeness (QED) is 0.269. The van der Waals surface area contributed by atoms with Crippen molar-refractivity contribution in [2.75, 3.05) is 7.11 Å². The van der Waals surface area contributed by atoms with E-state index in [0.717, 1.165) is 31.2 Å². The summed E-state index contributed by atoms with van der Waals surface area (Å²) in [4.78, 5) is 23.2. The Labute approximate surface area is 152 Å². The van der Waals surface area contributed by atoms with Crippen LogP contribution in [-0.4, -0.2) is 24.9 Å². The van der Waals surface area contributed by atoms with Crippen molar-refractivity contribution < 1.29 is 27.5 Å². The third kappa shape index (κ3) is 7.58. The fourth-order valence-corrected chi connectivity index (χ4v) is 2.76. The maximum Gasteiger partial charge on any atom is 0.450 e. The van der Waals surface area contributed by atoms with Gasteiger partial charge >= 0.3 is 6.18 Å². The van der Waals surface area contributed by atoms with E-state index in [1.807, 2.05) is 0 Å². The number of rotatable bonds is 12. The highest BCUT2D eigenvalue weighted by molar-refractivity contribution is 6.10. The average Bonchev–Trinajstić information content (AvgIpc) is 2.59. The molecule has 0 atom stereocenters. The number of carbonyl (C=O) groups is 2. The minimum absolute atomic E-state index is 0.0329. The molecule has 0 aliphatic carbocycles. The van der Waals surface area contributed by atoms with Crippen LogP contribution in [0.2, 0.25) is 0 Å². The van der Waals surface area contributed by atoms with E-state index in [9.17, 15) is 22.8 Å². The van der Waals surface area contributed by atoms with Gasteiger partial charge in [-0.15, -0.1) is 0 Å². The Morgan fingerprint density at radius 1 is 1.00 bits per heavy atom. The molecule has 0 saturated carbocycles. The molecule has 0 spiro atoms. The summed E-state index contributed by atoms with van der Waals surface area (Å²) < 4.78 is 42.2. The molecule has 0 radical (unpaired) electrons. The fourth-order valence-electron chi connectivity index (χ4n) is 2.76. The van der Waals surface area contributed by atoms with E-state index in [4.69, 9.17) is 4.74 Å². The maximum atomic E-state index is 12.4. The summed E-state index contributed by atoms with van der Waals surface area (Å²) >= 11 is 0.